The van der Waals surface area contributed by atoms with Gasteiger partial charge in [0, 0.05) is 18.8 Å². The number of rotatable bonds is 2. The third kappa shape index (κ3) is 2.38. The van der Waals surface area contributed by atoms with Gasteiger partial charge in [0.1, 0.15) is 6.10 Å². The van der Waals surface area contributed by atoms with Crippen LogP contribution in [0.15, 0.2) is 11.6 Å². The molecule has 3 fully saturated rings. The number of fused-ring (bicyclic) bond motifs is 5. The summed E-state index contributed by atoms with van der Waals surface area (Å²) in [6.07, 6.45) is 13.1. The highest BCUT2D eigenvalue weighted by Gasteiger charge is 2.57. The van der Waals surface area contributed by atoms with Crippen molar-refractivity contribution in [2.75, 3.05) is 6.61 Å². The molecule has 4 aliphatic rings. The average molecular weight is 332 g/mol. The minimum Gasteiger partial charge on any atom is -0.462 e. The van der Waals surface area contributed by atoms with E-state index in [2.05, 4.69) is 13.0 Å². The molecule has 0 aromatic rings. The van der Waals surface area contributed by atoms with Gasteiger partial charge in [0.15, 0.2) is 0 Å². The summed E-state index contributed by atoms with van der Waals surface area (Å²) in [5.74, 6) is 2.07. The van der Waals surface area contributed by atoms with Crippen LogP contribution >= 0.6 is 0 Å². The SMILES string of the molecule is CC(=O)OC1CCC2(CO)C(=CCC3C4CCCC4(C)CCC32)C1. The Kier molecular flexibility index (Phi) is 4.06. The molecule has 0 saturated heterocycles. The maximum Gasteiger partial charge on any atom is 0.302 e. The number of carbonyl (C=O) groups excluding carboxylic acids is 1. The highest BCUT2D eigenvalue weighted by atomic mass is 16.5. The number of aliphatic hydroxyl groups excluding tert-OH is 1. The van der Waals surface area contributed by atoms with Crippen LogP contribution in [0.2, 0.25) is 0 Å². The Balaban J connectivity index is 1.62. The third-order valence-electron chi connectivity index (χ3n) is 8.18. The molecule has 0 radical (unpaired) electrons. The molecular formula is C21H32O3. The normalized spacial score (nSPS) is 47.2. The van der Waals surface area contributed by atoms with Crippen molar-refractivity contribution in [2.24, 2.45) is 28.6 Å². The van der Waals surface area contributed by atoms with Crippen molar-refractivity contribution >= 4 is 5.97 Å². The molecule has 0 bridgehead atoms. The third-order valence-corrected chi connectivity index (χ3v) is 8.18. The molecule has 0 aromatic carbocycles. The monoisotopic (exact) mass is 332 g/mol. The first-order valence-electron chi connectivity index (χ1n) is 9.96. The molecule has 3 nitrogen and oxygen atoms in total. The zero-order valence-corrected chi connectivity index (χ0v) is 15.2. The first kappa shape index (κ1) is 16.6. The number of allylic oxidation sites excluding steroid dienone is 1. The van der Waals surface area contributed by atoms with Crippen LogP contribution in [0.3, 0.4) is 0 Å². The van der Waals surface area contributed by atoms with Gasteiger partial charge in [-0.1, -0.05) is 25.0 Å². The number of aliphatic hydroxyl groups is 1. The summed E-state index contributed by atoms with van der Waals surface area (Å²) in [5.41, 5.74) is 1.92. The van der Waals surface area contributed by atoms with Gasteiger partial charge < -0.3 is 9.84 Å². The second-order valence-electron chi connectivity index (χ2n) is 9.22. The molecule has 0 aromatic heterocycles. The zero-order chi connectivity index (χ0) is 16.9. The van der Waals surface area contributed by atoms with Crippen LogP contribution < -0.4 is 0 Å². The van der Waals surface area contributed by atoms with E-state index < -0.39 is 0 Å². The lowest BCUT2D eigenvalue weighted by molar-refractivity contribution is -0.149. The number of ether oxygens (including phenoxy) is 1. The lowest BCUT2D eigenvalue weighted by Gasteiger charge is -2.58. The highest BCUT2D eigenvalue weighted by molar-refractivity contribution is 5.66. The van der Waals surface area contributed by atoms with Crippen molar-refractivity contribution in [2.45, 2.75) is 77.7 Å². The molecule has 24 heavy (non-hydrogen) atoms. The molecule has 0 spiro atoms. The molecule has 4 rings (SSSR count). The molecule has 0 heterocycles. The molecular weight excluding hydrogens is 300 g/mol. The summed E-state index contributed by atoms with van der Waals surface area (Å²) in [7, 11) is 0. The molecule has 1 N–H and O–H groups in total. The minimum absolute atomic E-state index is 0.0188. The quantitative estimate of drug-likeness (QED) is 0.607. The molecule has 6 atom stereocenters. The smallest absolute Gasteiger partial charge is 0.302 e. The van der Waals surface area contributed by atoms with E-state index in [4.69, 9.17) is 4.74 Å². The van der Waals surface area contributed by atoms with Crippen LogP contribution in [-0.2, 0) is 9.53 Å². The Labute approximate surface area is 145 Å². The summed E-state index contributed by atoms with van der Waals surface area (Å²) in [5, 5.41) is 10.4. The van der Waals surface area contributed by atoms with Gasteiger partial charge in [-0.05, 0) is 68.1 Å². The number of carbonyl (C=O) groups is 1. The zero-order valence-electron chi connectivity index (χ0n) is 15.2. The Morgan fingerprint density at radius 3 is 2.83 bits per heavy atom. The first-order valence-corrected chi connectivity index (χ1v) is 9.96. The van der Waals surface area contributed by atoms with Gasteiger partial charge >= 0.3 is 5.97 Å². The van der Waals surface area contributed by atoms with Crippen LogP contribution in [0.1, 0.15) is 71.6 Å². The van der Waals surface area contributed by atoms with Crippen LogP contribution in [0.4, 0.5) is 0 Å². The molecule has 3 saturated carbocycles. The van der Waals surface area contributed by atoms with E-state index in [-0.39, 0.29) is 24.1 Å². The van der Waals surface area contributed by atoms with Gasteiger partial charge in [-0.25, -0.2) is 0 Å². The predicted molar refractivity (Wildman–Crippen MR) is 93.3 cm³/mol. The topological polar surface area (TPSA) is 46.5 Å². The van der Waals surface area contributed by atoms with Crippen LogP contribution in [0.25, 0.3) is 0 Å². The fraction of sp³-hybridized carbons (Fsp3) is 0.857. The first-order chi connectivity index (χ1) is 11.5. The lowest BCUT2D eigenvalue weighted by Crippen LogP contribution is -2.52. The summed E-state index contributed by atoms with van der Waals surface area (Å²) < 4.78 is 5.49. The van der Waals surface area contributed by atoms with Crippen molar-refractivity contribution in [3.8, 4) is 0 Å². The Morgan fingerprint density at radius 2 is 2.08 bits per heavy atom. The second-order valence-corrected chi connectivity index (χ2v) is 9.22. The van der Waals surface area contributed by atoms with Gasteiger partial charge in [-0.2, -0.15) is 0 Å². The number of hydrogen-bond acceptors (Lipinski definition) is 3. The fourth-order valence-electron chi connectivity index (χ4n) is 7.05. The molecule has 0 aliphatic heterocycles. The van der Waals surface area contributed by atoms with E-state index in [1.165, 1.54) is 51.0 Å². The van der Waals surface area contributed by atoms with E-state index >= 15 is 0 Å². The number of hydrogen-bond donors (Lipinski definition) is 1. The van der Waals surface area contributed by atoms with Gasteiger partial charge in [0.25, 0.3) is 0 Å². The minimum atomic E-state index is -0.176. The van der Waals surface area contributed by atoms with Crippen LogP contribution in [0, 0.1) is 28.6 Å². The van der Waals surface area contributed by atoms with E-state index in [1.54, 1.807) is 0 Å². The number of esters is 1. The van der Waals surface area contributed by atoms with E-state index in [0.717, 1.165) is 31.1 Å². The largest absolute Gasteiger partial charge is 0.462 e. The van der Waals surface area contributed by atoms with Gasteiger partial charge in [0.05, 0.1) is 6.61 Å². The molecule has 6 unspecified atom stereocenters. The average Bonchev–Trinajstić information content (AvgIpc) is 2.95. The molecule has 3 heteroatoms. The van der Waals surface area contributed by atoms with Gasteiger partial charge in [-0.3, -0.25) is 4.79 Å². The second kappa shape index (κ2) is 5.86. The molecule has 4 aliphatic carbocycles. The van der Waals surface area contributed by atoms with E-state index in [0.29, 0.717) is 11.3 Å². The Hall–Kier alpha value is -0.830. The standard InChI is InChI=1S/C21H32O3/c1-14(23)24-16-7-11-21(13-22)15(12-16)5-6-17-18-4-3-9-20(18,2)10-8-19(17)21/h5,16-19,22H,3-4,6-13H2,1-2H3. The molecule has 0 amide bonds. The van der Waals surface area contributed by atoms with E-state index in [9.17, 15) is 9.90 Å². The summed E-state index contributed by atoms with van der Waals surface area (Å²) in [6.45, 7) is 4.29. The predicted octanol–water partition coefficient (Wildman–Crippen LogP) is 4.24. The van der Waals surface area contributed by atoms with Gasteiger partial charge in [-0.15, -0.1) is 0 Å². The lowest BCUT2D eigenvalue weighted by atomic mass is 9.48. The van der Waals surface area contributed by atoms with Crippen LogP contribution in [0.5, 0.6) is 0 Å². The van der Waals surface area contributed by atoms with Crippen molar-refractivity contribution < 1.29 is 14.6 Å². The van der Waals surface area contributed by atoms with Crippen LogP contribution in [-0.4, -0.2) is 23.8 Å². The fourth-order valence-corrected chi connectivity index (χ4v) is 7.05. The van der Waals surface area contributed by atoms with Crippen molar-refractivity contribution in [1.82, 2.24) is 0 Å². The summed E-state index contributed by atoms with van der Waals surface area (Å²) in [6, 6.07) is 0. The summed E-state index contributed by atoms with van der Waals surface area (Å²) in [4.78, 5) is 11.3. The maximum absolute atomic E-state index is 11.3. The maximum atomic E-state index is 11.3. The Morgan fingerprint density at radius 1 is 1.25 bits per heavy atom. The molecule has 134 valence electrons. The van der Waals surface area contributed by atoms with Crippen molar-refractivity contribution in [1.29, 1.82) is 0 Å². The van der Waals surface area contributed by atoms with E-state index in [1.807, 2.05) is 0 Å². The van der Waals surface area contributed by atoms with Crippen molar-refractivity contribution in [3.05, 3.63) is 11.6 Å². The summed E-state index contributed by atoms with van der Waals surface area (Å²) >= 11 is 0. The highest BCUT2D eigenvalue weighted by Crippen LogP contribution is 2.64. The van der Waals surface area contributed by atoms with Gasteiger partial charge in [0.2, 0.25) is 0 Å². The Bertz CT molecular complexity index is 553. The van der Waals surface area contributed by atoms with Crippen molar-refractivity contribution in [3.63, 3.8) is 0 Å².